The van der Waals surface area contributed by atoms with Gasteiger partial charge in [0, 0.05) is 17.2 Å². The predicted molar refractivity (Wildman–Crippen MR) is 163 cm³/mol. The van der Waals surface area contributed by atoms with E-state index >= 15 is 0 Å². The summed E-state index contributed by atoms with van der Waals surface area (Å²) in [6.07, 6.45) is 1.74. The largest absolute Gasteiger partial charge is 0.487 e. The molecular formula is C23H12BrI4NO3. The molecule has 3 aromatic rings. The molecule has 162 valence electrons. The van der Waals surface area contributed by atoms with Crippen LogP contribution in [0.2, 0.25) is 0 Å². The van der Waals surface area contributed by atoms with Crippen molar-refractivity contribution in [1.29, 1.82) is 0 Å². The van der Waals surface area contributed by atoms with Crippen LogP contribution in [0.4, 0.5) is 0 Å². The molecule has 4 nitrogen and oxygen atoms in total. The molecule has 0 N–H and O–H groups in total. The zero-order valence-electron chi connectivity index (χ0n) is 16.0. The van der Waals surface area contributed by atoms with Crippen LogP contribution < -0.4 is 4.74 Å². The molecular weight excluding hydrogens is 926 g/mol. The van der Waals surface area contributed by atoms with Gasteiger partial charge in [0.2, 0.25) is 5.90 Å². The van der Waals surface area contributed by atoms with E-state index in [1.54, 1.807) is 6.08 Å². The van der Waals surface area contributed by atoms with Crippen molar-refractivity contribution >= 4 is 124 Å². The summed E-state index contributed by atoms with van der Waals surface area (Å²) in [6, 6.07) is 17.9. The molecule has 3 aromatic carbocycles. The lowest BCUT2D eigenvalue weighted by Gasteiger charge is -2.12. The summed E-state index contributed by atoms with van der Waals surface area (Å²) in [5.74, 6) is 0.674. The van der Waals surface area contributed by atoms with E-state index in [0.29, 0.717) is 12.5 Å². The van der Waals surface area contributed by atoms with Crippen LogP contribution in [0.15, 0.2) is 69.8 Å². The molecule has 1 heterocycles. The maximum absolute atomic E-state index is 12.4. The second-order valence-electron chi connectivity index (χ2n) is 6.70. The van der Waals surface area contributed by atoms with Crippen molar-refractivity contribution in [3.05, 3.63) is 95.7 Å². The van der Waals surface area contributed by atoms with Gasteiger partial charge in [0.25, 0.3) is 0 Å². The third kappa shape index (κ3) is 6.05. The Labute approximate surface area is 248 Å². The lowest BCUT2D eigenvalue weighted by molar-refractivity contribution is -0.129. The molecule has 1 aliphatic rings. The first kappa shape index (κ1) is 24.9. The molecule has 0 bridgehead atoms. The standard InChI is InChI=1S/C23H12BrI4NO3/c24-16-10-14(4-5-17(16)26)22-29-20(23(30)32-22)9-13-7-18(27)21(19(28)8-13)31-11-12-2-1-3-15(25)6-12/h1-10H,11H2/b20-9-. The lowest BCUT2D eigenvalue weighted by atomic mass is 10.2. The van der Waals surface area contributed by atoms with E-state index in [1.807, 2.05) is 42.5 Å². The minimum Gasteiger partial charge on any atom is -0.487 e. The fourth-order valence-electron chi connectivity index (χ4n) is 2.90. The van der Waals surface area contributed by atoms with Crippen LogP contribution in [0.25, 0.3) is 6.08 Å². The Morgan fingerprint density at radius 3 is 2.41 bits per heavy atom. The minimum absolute atomic E-state index is 0.272. The molecule has 0 aliphatic carbocycles. The van der Waals surface area contributed by atoms with Crippen molar-refractivity contribution in [2.24, 2.45) is 4.99 Å². The van der Waals surface area contributed by atoms with Gasteiger partial charge in [-0.15, -0.1) is 0 Å². The Balaban J connectivity index is 1.56. The topological polar surface area (TPSA) is 47.9 Å². The summed E-state index contributed by atoms with van der Waals surface area (Å²) < 4.78 is 16.6. The molecule has 0 atom stereocenters. The molecule has 0 spiro atoms. The van der Waals surface area contributed by atoms with E-state index in [4.69, 9.17) is 9.47 Å². The third-order valence-electron chi connectivity index (χ3n) is 4.38. The van der Waals surface area contributed by atoms with Crippen LogP contribution >= 0.6 is 106 Å². The van der Waals surface area contributed by atoms with Crippen molar-refractivity contribution < 1.29 is 14.3 Å². The monoisotopic (exact) mass is 937 g/mol. The number of benzene rings is 3. The van der Waals surface area contributed by atoms with Gasteiger partial charge >= 0.3 is 5.97 Å². The van der Waals surface area contributed by atoms with E-state index in [0.717, 1.165) is 37.6 Å². The number of hydrogen-bond donors (Lipinski definition) is 0. The Morgan fingerprint density at radius 2 is 1.72 bits per heavy atom. The first-order valence-electron chi connectivity index (χ1n) is 9.14. The summed E-state index contributed by atoms with van der Waals surface area (Å²) in [5.41, 5.74) is 3.00. The highest BCUT2D eigenvalue weighted by molar-refractivity contribution is 14.1. The highest BCUT2D eigenvalue weighted by Gasteiger charge is 2.24. The van der Waals surface area contributed by atoms with Crippen molar-refractivity contribution in [3.63, 3.8) is 0 Å². The Morgan fingerprint density at radius 1 is 0.969 bits per heavy atom. The lowest BCUT2D eigenvalue weighted by Crippen LogP contribution is -2.05. The molecule has 0 radical (unpaired) electrons. The van der Waals surface area contributed by atoms with Crippen LogP contribution in [0.5, 0.6) is 5.75 Å². The molecule has 0 fully saturated rings. The van der Waals surface area contributed by atoms with Crippen LogP contribution in [-0.4, -0.2) is 11.9 Å². The predicted octanol–water partition coefficient (Wildman–Crippen LogP) is 7.79. The SMILES string of the molecule is O=C1OC(c2ccc(I)c(Br)c2)=N/C1=C\c1cc(I)c(OCc2cccc(I)c2)c(I)c1. The second kappa shape index (κ2) is 11.0. The maximum Gasteiger partial charge on any atom is 0.363 e. The van der Waals surface area contributed by atoms with Gasteiger partial charge in [0.05, 0.1) is 7.14 Å². The average molecular weight is 938 g/mol. The van der Waals surface area contributed by atoms with Gasteiger partial charge < -0.3 is 9.47 Å². The third-order valence-corrected chi connectivity index (χ3v) is 8.99. The number of carbonyl (C=O) groups is 1. The van der Waals surface area contributed by atoms with Gasteiger partial charge in [-0.25, -0.2) is 9.79 Å². The summed E-state index contributed by atoms with van der Waals surface area (Å²) in [7, 11) is 0. The van der Waals surface area contributed by atoms with Crippen molar-refractivity contribution in [3.8, 4) is 5.75 Å². The van der Waals surface area contributed by atoms with E-state index in [9.17, 15) is 4.79 Å². The molecule has 0 saturated heterocycles. The van der Waals surface area contributed by atoms with Gasteiger partial charge in [-0.2, -0.15) is 0 Å². The Bertz CT molecular complexity index is 1270. The van der Waals surface area contributed by atoms with E-state index < -0.39 is 5.97 Å². The molecule has 0 saturated carbocycles. The van der Waals surface area contributed by atoms with E-state index in [-0.39, 0.29) is 5.70 Å². The number of rotatable bonds is 5. The number of nitrogens with zero attached hydrogens (tertiary/aromatic N) is 1. The van der Waals surface area contributed by atoms with Crippen LogP contribution in [0.1, 0.15) is 16.7 Å². The number of ether oxygens (including phenoxy) is 2. The number of esters is 1. The Kier molecular flexibility index (Phi) is 8.53. The summed E-state index contributed by atoms with van der Waals surface area (Å²) >= 11 is 12.5. The van der Waals surface area contributed by atoms with E-state index in [1.165, 1.54) is 3.57 Å². The van der Waals surface area contributed by atoms with Gasteiger partial charge in [-0.1, -0.05) is 12.1 Å². The normalized spacial score (nSPS) is 14.5. The molecule has 0 amide bonds. The molecule has 0 unspecified atom stereocenters. The summed E-state index contributed by atoms with van der Waals surface area (Å²) in [5, 5.41) is 0. The number of hydrogen-bond acceptors (Lipinski definition) is 4. The first-order valence-corrected chi connectivity index (χ1v) is 14.3. The Hall–Kier alpha value is -0.260. The quantitative estimate of drug-likeness (QED) is 0.149. The zero-order chi connectivity index (χ0) is 22.8. The smallest absolute Gasteiger partial charge is 0.363 e. The summed E-state index contributed by atoms with van der Waals surface area (Å²) in [4.78, 5) is 16.8. The first-order chi connectivity index (χ1) is 15.3. The molecule has 9 heteroatoms. The van der Waals surface area contributed by atoms with Crippen LogP contribution in [0.3, 0.4) is 0 Å². The molecule has 32 heavy (non-hydrogen) atoms. The average Bonchev–Trinajstić information content (AvgIpc) is 3.10. The molecule has 4 rings (SSSR count). The van der Waals surface area contributed by atoms with Gasteiger partial charge in [-0.05, 0) is 166 Å². The van der Waals surface area contributed by atoms with Gasteiger partial charge in [0.15, 0.2) is 5.70 Å². The summed E-state index contributed by atoms with van der Waals surface area (Å²) in [6.45, 7) is 0.495. The number of aliphatic imine (C=N–C) groups is 1. The van der Waals surface area contributed by atoms with Crippen LogP contribution in [0, 0.1) is 14.3 Å². The fourth-order valence-corrected chi connectivity index (χ4v) is 6.35. The highest BCUT2D eigenvalue weighted by atomic mass is 127. The fraction of sp³-hybridized carbons (Fsp3) is 0.0435. The van der Waals surface area contributed by atoms with Crippen molar-refractivity contribution in [2.75, 3.05) is 0 Å². The number of halogens is 5. The molecule has 0 aromatic heterocycles. The zero-order valence-corrected chi connectivity index (χ0v) is 26.3. The molecule has 1 aliphatic heterocycles. The number of cyclic esters (lactones) is 1. The van der Waals surface area contributed by atoms with Crippen molar-refractivity contribution in [1.82, 2.24) is 0 Å². The van der Waals surface area contributed by atoms with Gasteiger partial charge in [-0.3, -0.25) is 0 Å². The second-order valence-corrected chi connectivity index (χ2v) is 12.3. The van der Waals surface area contributed by atoms with E-state index in [2.05, 4.69) is 123 Å². The maximum atomic E-state index is 12.4. The van der Waals surface area contributed by atoms with Crippen molar-refractivity contribution in [2.45, 2.75) is 6.61 Å². The number of carbonyl (C=O) groups excluding carboxylic acids is 1. The van der Waals surface area contributed by atoms with Gasteiger partial charge in [0.1, 0.15) is 12.4 Å². The highest BCUT2D eigenvalue weighted by Crippen LogP contribution is 2.31. The minimum atomic E-state index is -0.460. The van der Waals surface area contributed by atoms with Crippen LogP contribution in [-0.2, 0) is 16.1 Å².